The first-order valence-electron chi connectivity index (χ1n) is 24.7. The van der Waals surface area contributed by atoms with Gasteiger partial charge in [0.25, 0.3) is 0 Å². The van der Waals surface area contributed by atoms with Crippen LogP contribution in [0.15, 0.2) is 0 Å². The molecule has 3 saturated heterocycles. The number of fused-ring (bicyclic) bond motifs is 2. The molecular weight excluding hydrogens is 881 g/mol. The van der Waals surface area contributed by atoms with Gasteiger partial charge in [0, 0.05) is 6.92 Å². The molecule has 5 saturated carbocycles. The number of aliphatic hydroxyl groups excluding tert-OH is 10. The van der Waals surface area contributed by atoms with E-state index >= 15 is 0 Å². The first kappa shape index (κ1) is 52.1. The zero-order chi connectivity index (χ0) is 49.1. The minimum atomic E-state index is -1.71. The average molecular weight is 961 g/mol. The van der Waals surface area contributed by atoms with Crippen molar-refractivity contribution in [2.24, 2.45) is 50.7 Å². The number of carbonyl (C=O) groups excluding carboxylic acids is 1. The molecule has 19 nitrogen and oxygen atoms in total. The monoisotopic (exact) mass is 961 g/mol. The molecule has 8 aliphatic rings. The highest BCUT2D eigenvalue weighted by Gasteiger charge is 2.85. The maximum atomic E-state index is 12.4. The molecule has 0 unspecified atom stereocenters. The number of carbonyl (C=O) groups is 1. The second-order valence-electron chi connectivity index (χ2n) is 23.7. The Bertz CT molecular complexity index is 1760. The maximum absolute atomic E-state index is 12.4. The number of hydrogen-bond acceptors (Lipinski definition) is 19. The molecule has 0 amide bonds. The zero-order valence-electron chi connectivity index (χ0n) is 40.3. The Balaban J connectivity index is 1.12. The molecule has 0 radical (unpaired) electrons. The molecular formula is C48H80O19. The molecule has 0 bridgehead atoms. The van der Waals surface area contributed by atoms with Crippen LogP contribution in [0.2, 0.25) is 0 Å². The third-order valence-electron chi connectivity index (χ3n) is 19.3. The summed E-state index contributed by atoms with van der Waals surface area (Å²) in [5, 5.41) is 119. The van der Waals surface area contributed by atoms with Crippen LogP contribution in [0.3, 0.4) is 0 Å². The van der Waals surface area contributed by atoms with Crippen LogP contribution in [0.4, 0.5) is 0 Å². The van der Waals surface area contributed by atoms with Crippen molar-refractivity contribution < 1.29 is 94.1 Å². The number of esters is 1. The van der Waals surface area contributed by atoms with Crippen molar-refractivity contribution in [3.05, 3.63) is 0 Å². The smallest absolute Gasteiger partial charge is 0.303 e. The van der Waals surface area contributed by atoms with Crippen LogP contribution in [0.1, 0.15) is 113 Å². The quantitative estimate of drug-likeness (QED) is 0.0827. The minimum Gasteiger partial charge on any atom is -0.457 e. The fourth-order valence-electron chi connectivity index (χ4n) is 15.7. The average Bonchev–Trinajstić information content (AvgIpc) is 3.85. The van der Waals surface area contributed by atoms with Crippen molar-refractivity contribution in [1.82, 2.24) is 0 Å². The summed E-state index contributed by atoms with van der Waals surface area (Å²) in [5.74, 6) is -1.02. The number of aliphatic hydroxyl groups is 11. The predicted molar refractivity (Wildman–Crippen MR) is 232 cm³/mol. The van der Waals surface area contributed by atoms with E-state index in [4.69, 9.17) is 33.2 Å². The number of ether oxygens (including phenoxy) is 7. The van der Waals surface area contributed by atoms with Crippen LogP contribution in [-0.4, -0.2) is 192 Å². The lowest BCUT2D eigenvalue weighted by Crippen LogP contribution is -2.65. The fourth-order valence-corrected chi connectivity index (χ4v) is 15.7. The van der Waals surface area contributed by atoms with Gasteiger partial charge >= 0.3 is 5.97 Å². The summed E-state index contributed by atoms with van der Waals surface area (Å²) in [7, 11) is 0. The van der Waals surface area contributed by atoms with Crippen LogP contribution in [0, 0.1) is 50.7 Å². The standard InChI is InChI=1S/C48H80O19/c1-21(9-10-29(54)44(5,6)60)31-23(51)16-46(8)28-15-26(64-41-36(59)34(57)33(56)27(17-49)65-41)39-43(3,4)30(11-12-48(39)20-47(28,48)14-13-45(31,46)7)66-42-38(37(63-22(2)50)25(53)19-62-42)67-40-35(58)32(55)24(52)18-61-40/h21,23-42,49,51-60H,9-20H2,1-8H3/t21-,23+,24+,25+,26+,27+,28+,29+,30+,31+,32+,33+,34-,35-,36+,37+,38-,39-,40+,41+,42+,45-,46-,47+,48-/m1/s1. The van der Waals surface area contributed by atoms with Crippen LogP contribution in [-0.2, 0) is 38.0 Å². The van der Waals surface area contributed by atoms with Gasteiger partial charge < -0.3 is 89.3 Å². The van der Waals surface area contributed by atoms with Crippen molar-refractivity contribution in [3.8, 4) is 0 Å². The highest BCUT2D eigenvalue weighted by atomic mass is 16.8. The summed E-state index contributed by atoms with van der Waals surface area (Å²) in [4.78, 5) is 12.4. The van der Waals surface area contributed by atoms with E-state index in [9.17, 15) is 61.0 Å². The van der Waals surface area contributed by atoms with Gasteiger partial charge in [-0.3, -0.25) is 4.79 Å². The zero-order valence-corrected chi connectivity index (χ0v) is 40.3. The van der Waals surface area contributed by atoms with Gasteiger partial charge in [-0.2, -0.15) is 0 Å². The third-order valence-corrected chi connectivity index (χ3v) is 19.3. The molecule has 67 heavy (non-hydrogen) atoms. The van der Waals surface area contributed by atoms with E-state index < -0.39 is 128 Å². The van der Waals surface area contributed by atoms with Crippen molar-refractivity contribution in [2.75, 3.05) is 19.8 Å². The van der Waals surface area contributed by atoms with Crippen LogP contribution in [0.5, 0.6) is 0 Å². The van der Waals surface area contributed by atoms with E-state index in [-0.39, 0.29) is 58.5 Å². The molecule has 11 N–H and O–H groups in total. The largest absolute Gasteiger partial charge is 0.457 e. The van der Waals surface area contributed by atoms with Gasteiger partial charge in [0.15, 0.2) is 31.1 Å². The van der Waals surface area contributed by atoms with E-state index in [0.29, 0.717) is 38.5 Å². The van der Waals surface area contributed by atoms with E-state index in [1.165, 1.54) is 6.92 Å². The fraction of sp³-hybridized carbons (Fsp3) is 0.979. The summed E-state index contributed by atoms with van der Waals surface area (Å²) in [6, 6.07) is 0. The van der Waals surface area contributed by atoms with Crippen molar-refractivity contribution in [1.29, 1.82) is 0 Å². The first-order valence-corrected chi connectivity index (χ1v) is 24.7. The van der Waals surface area contributed by atoms with Gasteiger partial charge in [-0.05, 0) is 122 Å². The Morgan fingerprint density at radius 2 is 1.40 bits per heavy atom. The van der Waals surface area contributed by atoms with E-state index in [2.05, 4.69) is 34.6 Å². The topological polar surface area (TPSA) is 304 Å². The van der Waals surface area contributed by atoms with Crippen LogP contribution >= 0.6 is 0 Å². The van der Waals surface area contributed by atoms with E-state index in [1.807, 2.05) is 0 Å². The number of hydrogen-bond donors (Lipinski definition) is 11. The molecule has 3 aliphatic heterocycles. The second-order valence-corrected chi connectivity index (χ2v) is 23.7. The summed E-state index contributed by atoms with van der Waals surface area (Å²) >= 11 is 0. The van der Waals surface area contributed by atoms with Gasteiger partial charge in [-0.1, -0.05) is 34.6 Å². The molecule has 8 fully saturated rings. The van der Waals surface area contributed by atoms with E-state index in [1.54, 1.807) is 13.8 Å². The molecule has 19 heteroatoms. The Morgan fingerprint density at radius 3 is 2.06 bits per heavy atom. The molecule has 3 heterocycles. The van der Waals surface area contributed by atoms with Crippen LogP contribution < -0.4 is 0 Å². The SMILES string of the molecule is CC(=O)O[C@@H]1[C@@H](O[C@@H]2OC[C@H](O)[C@H](O)[C@H]2O)[C@H](O[C@H]2CC[C@]34C[C@]35CC[C@]3(C)[C@@H]([C@H](C)CC[C@H](O)C(C)(C)O)[C@@H](O)C[C@]3(C)[C@@H]5C[C@H](O[C@H]3O[C@@H](CO)[C@H](O)[C@@H](O)[C@@H]3O)[C@@H]4C2(C)C)OC[C@@H]1O. The lowest BCUT2D eigenvalue weighted by Gasteiger charge is -2.65. The highest BCUT2D eigenvalue weighted by Crippen LogP contribution is 2.89. The summed E-state index contributed by atoms with van der Waals surface area (Å²) in [6.45, 7) is 14.0. The van der Waals surface area contributed by atoms with Crippen LogP contribution in [0.25, 0.3) is 0 Å². The number of rotatable bonds is 13. The van der Waals surface area contributed by atoms with Crippen molar-refractivity contribution >= 4 is 5.97 Å². The van der Waals surface area contributed by atoms with Gasteiger partial charge in [-0.15, -0.1) is 0 Å². The Hall–Kier alpha value is -1.21. The molecule has 2 spiro atoms. The highest BCUT2D eigenvalue weighted by molar-refractivity contribution is 5.66. The minimum absolute atomic E-state index is 0.0334. The first-order chi connectivity index (χ1) is 31.2. The summed E-state index contributed by atoms with van der Waals surface area (Å²) in [6.07, 6.45) is -16.0. The Labute approximate surface area is 393 Å². The lowest BCUT2D eigenvalue weighted by atomic mass is 9.41. The maximum Gasteiger partial charge on any atom is 0.303 e. The van der Waals surface area contributed by atoms with Gasteiger partial charge in [-0.25, -0.2) is 0 Å². The molecule has 0 aromatic rings. The molecule has 0 aromatic heterocycles. The normalized spacial score (nSPS) is 52.5. The predicted octanol–water partition coefficient (Wildman–Crippen LogP) is -0.402. The van der Waals surface area contributed by atoms with Gasteiger partial charge in [0.1, 0.15) is 48.8 Å². The molecule has 0 aromatic carbocycles. The van der Waals surface area contributed by atoms with E-state index in [0.717, 1.165) is 19.3 Å². The van der Waals surface area contributed by atoms with Gasteiger partial charge in [0.05, 0.1) is 49.8 Å². The Kier molecular flexibility index (Phi) is 14.3. The Morgan fingerprint density at radius 1 is 0.746 bits per heavy atom. The molecule has 5 aliphatic carbocycles. The summed E-state index contributed by atoms with van der Waals surface area (Å²) in [5.41, 5.74) is -3.19. The van der Waals surface area contributed by atoms with Crippen molar-refractivity contribution in [2.45, 2.75) is 223 Å². The second kappa shape index (κ2) is 18.4. The molecule has 25 atom stereocenters. The molecule has 8 rings (SSSR count). The van der Waals surface area contributed by atoms with Crippen molar-refractivity contribution in [3.63, 3.8) is 0 Å². The third kappa shape index (κ3) is 8.46. The molecule has 386 valence electrons. The lowest BCUT2D eigenvalue weighted by molar-refractivity contribution is -0.360. The summed E-state index contributed by atoms with van der Waals surface area (Å²) < 4.78 is 43.3. The van der Waals surface area contributed by atoms with Gasteiger partial charge in [0.2, 0.25) is 0 Å².